The van der Waals surface area contributed by atoms with Gasteiger partial charge in [-0.05, 0) is 44.4 Å². The van der Waals surface area contributed by atoms with Crippen LogP contribution in [0.4, 0.5) is 0 Å². The largest absolute Gasteiger partial charge is 0.355 e. The number of carbonyl (C=O) groups is 1. The van der Waals surface area contributed by atoms with Crippen molar-refractivity contribution in [3.8, 4) is 0 Å². The van der Waals surface area contributed by atoms with Gasteiger partial charge in [-0.1, -0.05) is 20.3 Å². The minimum Gasteiger partial charge on any atom is -0.355 e. The number of nitrogens with one attached hydrogen (secondary N) is 2. The van der Waals surface area contributed by atoms with E-state index < -0.39 is 0 Å². The number of likely N-dealkylation sites (tertiary alicyclic amines) is 1. The standard InChI is InChI=1S/C17H33N3O/c1-12(2)8-18-16(21)9-19-17-14-6-5-7-15(17)11-20(10-14)13(3)4/h12-15,17,19H,5-11H2,1-4H3,(H,18,21). The molecular weight excluding hydrogens is 262 g/mol. The van der Waals surface area contributed by atoms with E-state index in [0.29, 0.717) is 24.5 Å². The van der Waals surface area contributed by atoms with E-state index in [0.717, 1.165) is 18.4 Å². The van der Waals surface area contributed by atoms with Crippen LogP contribution in [0.3, 0.4) is 0 Å². The van der Waals surface area contributed by atoms with Crippen LogP contribution in [0.2, 0.25) is 0 Å². The summed E-state index contributed by atoms with van der Waals surface area (Å²) in [5.41, 5.74) is 0. The average Bonchev–Trinajstić information content (AvgIpc) is 2.41. The maximum absolute atomic E-state index is 11.9. The van der Waals surface area contributed by atoms with Crippen molar-refractivity contribution in [2.24, 2.45) is 17.8 Å². The predicted molar refractivity (Wildman–Crippen MR) is 87.2 cm³/mol. The molecule has 2 N–H and O–H groups in total. The van der Waals surface area contributed by atoms with Gasteiger partial charge in [-0.3, -0.25) is 4.79 Å². The molecule has 1 heterocycles. The van der Waals surface area contributed by atoms with Gasteiger partial charge in [0, 0.05) is 31.7 Å². The van der Waals surface area contributed by atoms with E-state index >= 15 is 0 Å². The molecule has 4 heteroatoms. The molecule has 1 saturated heterocycles. The number of piperidine rings is 1. The summed E-state index contributed by atoms with van der Waals surface area (Å²) in [4.78, 5) is 14.5. The van der Waals surface area contributed by atoms with Crippen LogP contribution in [-0.2, 0) is 4.79 Å². The first-order valence-corrected chi connectivity index (χ1v) is 8.71. The lowest BCUT2D eigenvalue weighted by Gasteiger charge is -2.49. The lowest BCUT2D eigenvalue weighted by atomic mass is 9.73. The fourth-order valence-electron chi connectivity index (χ4n) is 3.82. The Morgan fingerprint density at radius 3 is 2.29 bits per heavy atom. The highest BCUT2D eigenvalue weighted by Crippen LogP contribution is 2.35. The van der Waals surface area contributed by atoms with Crippen LogP contribution in [0, 0.1) is 17.8 Å². The summed E-state index contributed by atoms with van der Waals surface area (Å²) in [6, 6.07) is 1.18. The molecule has 2 rings (SSSR count). The molecular formula is C17H33N3O. The van der Waals surface area contributed by atoms with Gasteiger partial charge in [-0.2, -0.15) is 0 Å². The van der Waals surface area contributed by atoms with E-state index in [1.54, 1.807) is 0 Å². The molecule has 2 fully saturated rings. The van der Waals surface area contributed by atoms with Crippen molar-refractivity contribution in [1.82, 2.24) is 15.5 Å². The molecule has 2 atom stereocenters. The molecule has 1 amide bonds. The summed E-state index contributed by atoms with van der Waals surface area (Å²) in [5.74, 6) is 2.10. The van der Waals surface area contributed by atoms with Gasteiger partial charge in [0.1, 0.15) is 0 Å². The minimum absolute atomic E-state index is 0.146. The van der Waals surface area contributed by atoms with Gasteiger partial charge in [0.05, 0.1) is 6.54 Å². The number of hydrogen-bond donors (Lipinski definition) is 2. The van der Waals surface area contributed by atoms with Gasteiger partial charge in [0.2, 0.25) is 5.91 Å². The summed E-state index contributed by atoms with van der Waals surface area (Å²) < 4.78 is 0. The number of amides is 1. The fourth-order valence-corrected chi connectivity index (χ4v) is 3.82. The third-order valence-corrected chi connectivity index (χ3v) is 5.04. The topological polar surface area (TPSA) is 44.4 Å². The first kappa shape index (κ1) is 16.8. The van der Waals surface area contributed by atoms with Crippen LogP contribution >= 0.6 is 0 Å². The highest BCUT2D eigenvalue weighted by Gasteiger charge is 2.39. The second kappa shape index (κ2) is 7.59. The SMILES string of the molecule is CC(C)CNC(=O)CNC1C2CCCC1CN(C(C)C)C2. The van der Waals surface area contributed by atoms with Gasteiger partial charge in [-0.25, -0.2) is 0 Å². The second-order valence-corrected chi connectivity index (χ2v) is 7.60. The van der Waals surface area contributed by atoms with Gasteiger partial charge in [0.25, 0.3) is 0 Å². The summed E-state index contributed by atoms with van der Waals surface area (Å²) >= 11 is 0. The zero-order valence-corrected chi connectivity index (χ0v) is 14.2. The maximum Gasteiger partial charge on any atom is 0.233 e. The molecule has 4 nitrogen and oxygen atoms in total. The number of carbonyl (C=O) groups excluding carboxylic acids is 1. The van der Waals surface area contributed by atoms with Crippen LogP contribution in [-0.4, -0.2) is 49.1 Å². The van der Waals surface area contributed by atoms with E-state index in [9.17, 15) is 4.79 Å². The van der Waals surface area contributed by atoms with Gasteiger partial charge < -0.3 is 15.5 Å². The number of nitrogens with zero attached hydrogens (tertiary/aromatic N) is 1. The van der Waals surface area contributed by atoms with Crippen LogP contribution in [0.1, 0.15) is 47.0 Å². The van der Waals surface area contributed by atoms with E-state index in [2.05, 4.69) is 43.2 Å². The van der Waals surface area contributed by atoms with Crippen molar-refractivity contribution in [3.63, 3.8) is 0 Å². The molecule has 0 spiro atoms. The van der Waals surface area contributed by atoms with Crippen LogP contribution in [0.25, 0.3) is 0 Å². The smallest absolute Gasteiger partial charge is 0.233 e. The molecule has 0 radical (unpaired) electrons. The molecule has 0 aromatic heterocycles. The Labute approximate surface area is 130 Å². The second-order valence-electron chi connectivity index (χ2n) is 7.60. The Balaban J connectivity index is 1.82. The molecule has 2 unspecified atom stereocenters. The maximum atomic E-state index is 11.9. The number of fused-ring (bicyclic) bond motifs is 2. The van der Waals surface area contributed by atoms with Crippen molar-refractivity contribution in [1.29, 1.82) is 0 Å². The molecule has 0 aromatic carbocycles. The summed E-state index contributed by atoms with van der Waals surface area (Å²) in [7, 11) is 0. The Hall–Kier alpha value is -0.610. The Bertz CT molecular complexity index is 329. The van der Waals surface area contributed by atoms with E-state index in [-0.39, 0.29) is 5.91 Å². The van der Waals surface area contributed by atoms with Crippen molar-refractivity contribution in [3.05, 3.63) is 0 Å². The minimum atomic E-state index is 0.146. The molecule has 21 heavy (non-hydrogen) atoms. The van der Waals surface area contributed by atoms with Crippen LogP contribution in [0.5, 0.6) is 0 Å². The quantitative estimate of drug-likeness (QED) is 0.786. The van der Waals surface area contributed by atoms with Gasteiger partial charge in [-0.15, -0.1) is 0 Å². The first-order valence-electron chi connectivity index (χ1n) is 8.71. The lowest BCUT2D eigenvalue weighted by Crippen LogP contribution is -2.59. The normalized spacial score (nSPS) is 29.9. The molecule has 2 bridgehead atoms. The Morgan fingerprint density at radius 1 is 1.14 bits per heavy atom. The predicted octanol–water partition coefficient (Wildman–Crippen LogP) is 1.86. The number of rotatable bonds is 6. The molecule has 1 saturated carbocycles. The van der Waals surface area contributed by atoms with Gasteiger partial charge >= 0.3 is 0 Å². The summed E-state index contributed by atoms with van der Waals surface area (Å²) in [5, 5.41) is 6.57. The zero-order valence-electron chi connectivity index (χ0n) is 14.2. The van der Waals surface area contributed by atoms with Crippen molar-refractivity contribution in [2.45, 2.75) is 59.0 Å². The van der Waals surface area contributed by atoms with E-state index in [4.69, 9.17) is 0 Å². The highest BCUT2D eigenvalue weighted by atomic mass is 16.1. The Kier molecular flexibility index (Phi) is 6.06. The van der Waals surface area contributed by atoms with E-state index in [1.165, 1.54) is 32.4 Å². The summed E-state index contributed by atoms with van der Waals surface area (Å²) in [6.45, 7) is 12.5. The third kappa shape index (κ3) is 4.68. The lowest BCUT2D eigenvalue weighted by molar-refractivity contribution is -0.120. The third-order valence-electron chi connectivity index (χ3n) is 5.04. The monoisotopic (exact) mass is 295 g/mol. The molecule has 1 aliphatic heterocycles. The van der Waals surface area contributed by atoms with Crippen molar-refractivity contribution >= 4 is 5.91 Å². The molecule has 2 aliphatic rings. The van der Waals surface area contributed by atoms with Crippen molar-refractivity contribution in [2.75, 3.05) is 26.2 Å². The highest BCUT2D eigenvalue weighted by molar-refractivity contribution is 5.78. The summed E-state index contributed by atoms with van der Waals surface area (Å²) in [6.07, 6.45) is 3.98. The molecule has 0 aromatic rings. The van der Waals surface area contributed by atoms with Gasteiger partial charge in [0.15, 0.2) is 0 Å². The number of hydrogen-bond acceptors (Lipinski definition) is 3. The average molecular weight is 295 g/mol. The van der Waals surface area contributed by atoms with Crippen LogP contribution < -0.4 is 10.6 Å². The first-order chi connectivity index (χ1) is 9.97. The Morgan fingerprint density at radius 2 is 1.76 bits per heavy atom. The molecule has 1 aliphatic carbocycles. The van der Waals surface area contributed by atoms with E-state index in [1.807, 2.05) is 0 Å². The fraction of sp³-hybridized carbons (Fsp3) is 0.941. The van der Waals surface area contributed by atoms with Crippen molar-refractivity contribution < 1.29 is 4.79 Å². The molecule has 122 valence electrons. The zero-order chi connectivity index (χ0) is 15.4. The van der Waals surface area contributed by atoms with Crippen LogP contribution in [0.15, 0.2) is 0 Å².